The van der Waals surface area contributed by atoms with Crippen molar-refractivity contribution in [3.8, 4) is 0 Å². The zero-order valence-electron chi connectivity index (χ0n) is 4.15. The highest BCUT2D eigenvalue weighted by molar-refractivity contribution is 6.40. The summed E-state index contributed by atoms with van der Waals surface area (Å²) in [5.41, 5.74) is 2.20. The highest BCUT2D eigenvalue weighted by atomic mass is 28.2. The lowest BCUT2D eigenvalue weighted by atomic mass is 10.6. The summed E-state index contributed by atoms with van der Waals surface area (Å²) in [5.74, 6) is 0. The lowest BCUT2D eigenvalue weighted by molar-refractivity contribution is 2.07. The van der Waals surface area contributed by atoms with Gasteiger partial charge >= 0.3 is 0 Å². The van der Waals surface area contributed by atoms with E-state index in [0.717, 1.165) is 0 Å². The monoisotopic (exact) mass is 98.1 g/mol. The normalized spacial score (nSPS) is 11.5. The smallest absolute Gasteiger partial charge is 0.0423 e. The predicted octanol–water partition coefficient (Wildman–Crippen LogP) is 0.903. The first-order chi connectivity index (χ1) is 2.91. The van der Waals surface area contributed by atoms with Gasteiger partial charge < -0.3 is 0 Å². The van der Waals surface area contributed by atoms with E-state index in [9.17, 15) is 0 Å². The van der Waals surface area contributed by atoms with Gasteiger partial charge in [0.1, 0.15) is 0 Å². The van der Waals surface area contributed by atoms with Gasteiger partial charge in [0.2, 0.25) is 0 Å². The average molecular weight is 98.2 g/mol. The number of hydrogen-bond acceptors (Lipinski definition) is 0. The number of hydrogen-bond donors (Lipinski definition) is 0. The zero-order chi connectivity index (χ0) is 4.83. The fourth-order valence-corrected chi connectivity index (χ4v) is 0.697. The van der Waals surface area contributed by atoms with Crippen LogP contribution in [0.3, 0.4) is 0 Å². The molecule has 0 aliphatic carbocycles. The molecule has 34 valence electrons. The molecular formula is C5H10Si. The molecule has 6 heavy (non-hydrogen) atoms. The summed E-state index contributed by atoms with van der Waals surface area (Å²) in [5, 5.41) is 0. The minimum atomic E-state index is 0.151. The van der Waals surface area contributed by atoms with E-state index in [2.05, 4.69) is 18.8 Å². The van der Waals surface area contributed by atoms with Gasteiger partial charge in [-0.2, -0.15) is 0 Å². The van der Waals surface area contributed by atoms with E-state index in [1.165, 1.54) is 0 Å². The number of allylic oxidation sites excluding steroid dienone is 2. The molecular weight excluding hydrogens is 88.1 g/mol. The summed E-state index contributed by atoms with van der Waals surface area (Å²) < 4.78 is 0. The molecule has 0 spiro atoms. The molecule has 0 N–H and O–H groups in total. The standard InChI is InChI=1S/C5H10Si/c1-3-4-5-6-2/h3-5H,1,6H2,2H3. The second-order valence-electron chi connectivity index (χ2n) is 1.07. The van der Waals surface area contributed by atoms with Crippen molar-refractivity contribution in [3.63, 3.8) is 0 Å². The van der Waals surface area contributed by atoms with E-state index < -0.39 is 0 Å². The van der Waals surface area contributed by atoms with Crippen LogP contribution in [0.1, 0.15) is 0 Å². The van der Waals surface area contributed by atoms with Crippen molar-refractivity contribution < 1.29 is 0 Å². The lowest BCUT2D eigenvalue weighted by Crippen LogP contribution is -1.65. The largest absolute Gasteiger partial charge is 0.102 e. The molecule has 0 aromatic rings. The maximum absolute atomic E-state index is 3.53. The Hall–Kier alpha value is -0.303. The van der Waals surface area contributed by atoms with Crippen molar-refractivity contribution in [2.24, 2.45) is 0 Å². The summed E-state index contributed by atoms with van der Waals surface area (Å²) in [6.45, 7) is 5.77. The average Bonchev–Trinajstić information content (AvgIpc) is 1.61. The van der Waals surface area contributed by atoms with Crippen molar-refractivity contribution in [2.75, 3.05) is 0 Å². The summed E-state index contributed by atoms with van der Waals surface area (Å²) in [4.78, 5) is 0. The van der Waals surface area contributed by atoms with Crippen LogP contribution in [0.25, 0.3) is 0 Å². The van der Waals surface area contributed by atoms with Crippen molar-refractivity contribution in [1.29, 1.82) is 0 Å². The molecule has 0 aromatic heterocycles. The Labute approximate surface area is 41.4 Å². The van der Waals surface area contributed by atoms with Crippen LogP contribution < -0.4 is 0 Å². The van der Waals surface area contributed by atoms with E-state index in [-0.39, 0.29) is 9.52 Å². The SMILES string of the molecule is C=CC=C[SiH2]C. The quantitative estimate of drug-likeness (QED) is 0.355. The summed E-state index contributed by atoms with van der Waals surface area (Å²) >= 11 is 0. The molecule has 0 saturated carbocycles. The van der Waals surface area contributed by atoms with Crippen LogP contribution >= 0.6 is 0 Å². The molecule has 0 heterocycles. The number of rotatable bonds is 2. The molecule has 0 aromatic carbocycles. The van der Waals surface area contributed by atoms with Crippen molar-refractivity contribution in [2.45, 2.75) is 6.55 Å². The molecule has 0 radical (unpaired) electrons. The van der Waals surface area contributed by atoms with Crippen LogP contribution in [-0.2, 0) is 0 Å². The summed E-state index contributed by atoms with van der Waals surface area (Å²) in [6, 6.07) is 0. The lowest BCUT2D eigenvalue weighted by Gasteiger charge is -1.66. The Balaban J connectivity index is 2.94. The summed E-state index contributed by atoms with van der Waals surface area (Å²) in [6.07, 6.45) is 3.82. The van der Waals surface area contributed by atoms with Crippen molar-refractivity contribution >= 4 is 9.52 Å². The second kappa shape index (κ2) is 4.70. The predicted molar refractivity (Wildman–Crippen MR) is 33.7 cm³/mol. The maximum Gasteiger partial charge on any atom is 0.0423 e. The molecule has 0 aliphatic heterocycles. The molecule has 0 aliphatic rings. The summed E-state index contributed by atoms with van der Waals surface area (Å²) in [7, 11) is 0.151. The maximum atomic E-state index is 3.53. The van der Waals surface area contributed by atoms with Gasteiger partial charge in [-0.3, -0.25) is 0 Å². The first-order valence-electron chi connectivity index (χ1n) is 2.19. The second-order valence-corrected chi connectivity index (χ2v) is 2.36. The van der Waals surface area contributed by atoms with Crippen LogP contribution in [0, 0.1) is 0 Å². The van der Waals surface area contributed by atoms with Crippen molar-refractivity contribution in [3.05, 3.63) is 24.4 Å². The van der Waals surface area contributed by atoms with Crippen LogP contribution in [0.4, 0.5) is 0 Å². The third kappa shape index (κ3) is 3.70. The van der Waals surface area contributed by atoms with Crippen molar-refractivity contribution in [1.82, 2.24) is 0 Å². The minimum absolute atomic E-state index is 0.151. The highest BCUT2D eigenvalue weighted by Crippen LogP contribution is 1.66. The molecule has 0 atom stereocenters. The molecule has 0 unspecified atom stereocenters. The van der Waals surface area contributed by atoms with Gasteiger partial charge in [0.15, 0.2) is 0 Å². The van der Waals surface area contributed by atoms with Crippen LogP contribution in [0.5, 0.6) is 0 Å². The van der Waals surface area contributed by atoms with Crippen LogP contribution in [-0.4, -0.2) is 9.52 Å². The first-order valence-corrected chi connectivity index (χ1v) is 4.42. The zero-order valence-corrected chi connectivity index (χ0v) is 5.56. The van der Waals surface area contributed by atoms with Crippen LogP contribution in [0.2, 0.25) is 6.55 Å². The van der Waals surface area contributed by atoms with E-state index in [0.29, 0.717) is 0 Å². The molecule has 0 bridgehead atoms. The topological polar surface area (TPSA) is 0 Å². The van der Waals surface area contributed by atoms with E-state index in [4.69, 9.17) is 0 Å². The highest BCUT2D eigenvalue weighted by Gasteiger charge is 1.57. The van der Waals surface area contributed by atoms with Gasteiger partial charge in [-0.15, -0.1) is 5.70 Å². The molecule has 0 nitrogen and oxygen atoms in total. The van der Waals surface area contributed by atoms with E-state index >= 15 is 0 Å². The fourth-order valence-electron chi connectivity index (χ4n) is 0.232. The third-order valence-electron chi connectivity index (χ3n) is 0.508. The van der Waals surface area contributed by atoms with Gasteiger partial charge in [0, 0.05) is 9.52 Å². The molecule has 0 amide bonds. The Bertz CT molecular complexity index is 55.0. The first kappa shape index (κ1) is 5.70. The Morgan fingerprint density at radius 2 is 2.33 bits per heavy atom. The Kier molecular flexibility index (Phi) is 4.46. The Morgan fingerprint density at radius 3 is 2.50 bits per heavy atom. The van der Waals surface area contributed by atoms with Crippen LogP contribution in [0.15, 0.2) is 24.4 Å². The van der Waals surface area contributed by atoms with Gasteiger partial charge in [-0.25, -0.2) is 0 Å². The minimum Gasteiger partial charge on any atom is -0.102 e. The fraction of sp³-hybridized carbons (Fsp3) is 0.200. The Morgan fingerprint density at radius 1 is 1.67 bits per heavy atom. The van der Waals surface area contributed by atoms with Gasteiger partial charge in [-0.1, -0.05) is 25.3 Å². The molecule has 0 rings (SSSR count). The molecule has 0 saturated heterocycles. The van der Waals surface area contributed by atoms with Gasteiger partial charge in [-0.05, 0) is 0 Å². The molecule has 1 heteroatoms. The molecule has 0 fully saturated rings. The van der Waals surface area contributed by atoms with E-state index in [1.54, 1.807) is 0 Å². The van der Waals surface area contributed by atoms with E-state index in [1.807, 2.05) is 12.2 Å². The van der Waals surface area contributed by atoms with Gasteiger partial charge in [0.05, 0.1) is 0 Å². The van der Waals surface area contributed by atoms with Gasteiger partial charge in [0.25, 0.3) is 0 Å². The third-order valence-corrected chi connectivity index (χ3v) is 1.25.